The lowest BCUT2D eigenvalue weighted by Gasteiger charge is -2.25. The van der Waals surface area contributed by atoms with Gasteiger partial charge in [0.2, 0.25) is 15.8 Å². The first-order valence-corrected chi connectivity index (χ1v) is 11.4. The van der Waals surface area contributed by atoms with Gasteiger partial charge < -0.3 is 18.9 Å². The normalized spacial score (nSPS) is 19.7. The van der Waals surface area contributed by atoms with Gasteiger partial charge in [-0.2, -0.15) is 0 Å². The molecule has 32 heavy (non-hydrogen) atoms. The molecule has 1 aliphatic heterocycles. The number of methoxy groups -OCH3 is 2. The highest BCUT2D eigenvalue weighted by Crippen LogP contribution is 2.46. The van der Waals surface area contributed by atoms with Crippen LogP contribution in [0.3, 0.4) is 0 Å². The Hall–Kier alpha value is -3.30. The van der Waals surface area contributed by atoms with Crippen LogP contribution in [0, 0.1) is 5.92 Å². The average Bonchev–Trinajstić information content (AvgIpc) is 3.27. The Morgan fingerprint density at radius 3 is 2.47 bits per heavy atom. The molecule has 4 rings (SSSR count). The van der Waals surface area contributed by atoms with Gasteiger partial charge in [-0.3, -0.25) is 4.79 Å². The van der Waals surface area contributed by atoms with E-state index in [-0.39, 0.29) is 23.2 Å². The number of hydrogen-bond donors (Lipinski definition) is 1. The molecule has 2 aromatic rings. The van der Waals surface area contributed by atoms with Crippen molar-refractivity contribution in [3.05, 3.63) is 71.5 Å². The molecule has 8 nitrogen and oxygen atoms in total. The molecule has 0 radical (unpaired) electrons. The first kappa shape index (κ1) is 21.9. The van der Waals surface area contributed by atoms with Gasteiger partial charge in [-0.1, -0.05) is 30.4 Å². The SMILES string of the molecule is COc1ccc(C2C=CC3=COCC3C2=O)c(OCc2ccc(S(N)(=O)=O)cc2)c1OC. The largest absolute Gasteiger partial charge is 0.500 e. The van der Waals surface area contributed by atoms with Crippen LogP contribution < -0.4 is 19.3 Å². The van der Waals surface area contributed by atoms with E-state index in [1.54, 1.807) is 30.5 Å². The van der Waals surface area contributed by atoms with Gasteiger partial charge in [-0.25, -0.2) is 13.6 Å². The molecule has 0 spiro atoms. The fraction of sp³-hybridized carbons (Fsp3) is 0.261. The Balaban J connectivity index is 1.68. The monoisotopic (exact) mass is 457 g/mol. The number of carbonyl (C=O) groups excluding carboxylic acids is 1. The molecule has 0 amide bonds. The molecule has 1 heterocycles. The van der Waals surface area contributed by atoms with Crippen LogP contribution in [-0.2, 0) is 26.2 Å². The zero-order valence-corrected chi connectivity index (χ0v) is 18.4. The summed E-state index contributed by atoms with van der Waals surface area (Å²) < 4.78 is 45.3. The highest BCUT2D eigenvalue weighted by molar-refractivity contribution is 7.89. The number of hydrogen-bond acceptors (Lipinski definition) is 7. The number of fused-ring (bicyclic) bond motifs is 1. The lowest BCUT2D eigenvalue weighted by atomic mass is 9.79. The number of carbonyl (C=O) groups is 1. The molecule has 0 saturated heterocycles. The first-order valence-electron chi connectivity index (χ1n) is 9.86. The number of sulfonamides is 1. The molecule has 0 saturated carbocycles. The van der Waals surface area contributed by atoms with Crippen LogP contribution in [0.2, 0.25) is 0 Å². The number of rotatable bonds is 7. The second-order valence-electron chi connectivity index (χ2n) is 7.44. The number of ketones is 1. The number of benzene rings is 2. The van der Waals surface area contributed by atoms with Gasteiger partial charge in [-0.05, 0) is 23.8 Å². The summed E-state index contributed by atoms with van der Waals surface area (Å²) in [6.45, 7) is 0.443. The van der Waals surface area contributed by atoms with Crippen LogP contribution in [0.1, 0.15) is 17.0 Å². The molecule has 2 unspecified atom stereocenters. The Morgan fingerprint density at radius 2 is 1.81 bits per heavy atom. The third kappa shape index (κ3) is 4.09. The third-order valence-electron chi connectivity index (χ3n) is 5.52. The van der Waals surface area contributed by atoms with Crippen molar-refractivity contribution in [2.45, 2.75) is 17.4 Å². The lowest BCUT2D eigenvalue weighted by molar-refractivity contribution is -0.122. The summed E-state index contributed by atoms with van der Waals surface area (Å²) in [6.07, 6.45) is 5.34. The number of ether oxygens (including phenoxy) is 4. The van der Waals surface area contributed by atoms with Crippen molar-refractivity contribution < 1.29 is 32.2 Å². The minimum atomic E-state index is -3.78. The molecule has 2 N–H and O–H groups in total. The average molecular weight is 458 g/mol. The van der Waals surface area contributed by atoms with E-state index < -0.39 is 15.9 Å². The van der Waals surface area contributed by atoms with Gasteiger partial charge >= 0.3 is 0 Å². The van der Waals surface area contributed by atoms with E-state index in [4.69, 9.17) is 24.1 Å². The maximum absolute atomic E-state index is 13.2. The Morgan fingerprint density at radius 1 is 1.06 bits per heavy atom. The van der Waals surface area contributed by atoms with E-state index >= 15 is 0 Å². The molecule has 0 bridgehead atoms. The maximum atomic E-state index is 13.2. The van der Waals surface area contributed by atoms with Crippen LogP contribution in [0.5, 0.6) is 17.2 Å². The third-order valence-corrected chi connectivity index (χ3v) is 6.45. The Labute approximate surface area is 186 Å². The molecule has 9 heteroatoms. The molecule has 2 aromatic carbocycles. The first-order chi connectivity index (χ1) is 15.3. The fourth-order valence-electron chi connectivity index (χ4n) is 3.84. The van der Waals surface area contributed by atoms with Crippen LogP contribution in [0.25, 0.3) is 0 Å². The van der Waals surface area contributed by atoms with E-state index in [1.165, 1.54) is 26.4 Å². The van der Waals surface area contributed by atoms with Gasteiger partial charge in [0.15, 0.2) is 17.3 Å². The standard InChI is InChI=1S/C23H23NO7S/c1-28-20-10-9-18(17-8-5-15-12-30-13-19(15)21(17)25)22(23(20)29-2)31-11-14-3-6-16(7-4-14)32(24,26)27/h3-10,12,17,19H,11,13H2,1-2H3,(H2,24,26,27). The van der Waals surface area contributed by atoms with Gasteiger partial charge in [0.1, 0.15) is 13.2 Å². The summed E-state index contributed by atoms with van der Waals surface area (Å²) in [7, 11) is -0.759. The number of nitrogens with two attached hydrogens (primary N) is 1. The van der Waals surface area contributed by atoms with Crippen LogP contribution >= 0.6 is 0 Å². The minimum Gasteiger partial charge on any atom is -0.500 e. The van der Waals surface area contributed by atoms with Gasteiger partial charge in [0.25, 0.3) is 0 Å². The highest BCUT2D eigenvalue weighted by atomic mass is 32.2. The number of primary sulfonamides is 1. The van der Waals surface area contributed by atoms with Gasteiger partial charge in [0, 0.05) is 11.1 Å². The lowest BCUT2D eigenvalue weighted by Crippen LogP contribution is -2.26. The molecule has 168 valence electrons. The van der Waals surface area contributed by atoms with Crippen molar-refractivity contribution in [3.63, 3.8) is 0 Å². The van der Waals surface area contributed by atoms with Crippen molar-refractivity contribution in [2.24, 2.45) is 11.1 Å². The molecule has 1 aliphatic carbocycles. The van der Waals surface area contributed by atoms with Crippen molar-refractivity contribution in [2.75, 3.05) is 20.8 Å². The van der Waals surface area contributed by atoms with Crippen LogP contribution in [0.4, 0.5) is 0 Å². The number of allylic oxidation sites excluding steroid dienone is 2. The maximum Gasteiger partial charge on any atom is 0.238 e. The fourth-order valence-corrected chi connectivity index (χ4v) is 4.35. The second-order valence-corrected chi connectivity index (χ2v) is 9.00. The summed E-state index contributed by atoms with van der Waals surface area (Å²) in [5, 5.41) is 5.15. The molecular formula is C23H23NO7S. The highest BCUT2D eigenvalue weighted by Gasteiger charge is 2.37. The smallest absolute Gasteiger partial charge is 0.238 e. The van der Waals surface area contributed by atoms with Crippen LogP contribution in [0.15, 0.2) is 65.3 Å². The molecule has 2 aliphatic rings. The Kier molecular flexibility index (Phi) is 5.94. The summed E-state index contributed by atoms with van der Waals surface area (Å²) in [5.74, 6) is 0.405. The van der Waals surface area contributed by atoms with E-state index in [0.29, 0.717) is 35.0 Å². The van der Waals surface area contributed by atoms with Crippen molar-refractivity contribution in [1.29, 1.82) is 0 Å². The van der Waals surface area contributed by atoms with E-state index in [0.717, 1.165) is 5.57 Å². The predicted molar refractivity (Wildman–Crippen MR) is 116 cm³/mol. The summed E-state index contributed by atoms with van der Waals surface area (Å²) in [4.78, 5) is 13.2. The zero-order valence-electron chi connectivity index (χ0n) is 17.6. The molecule has 0 aromatic heterocycles. The minimum absolute atomic E-state index is 0.0153. The van der Waals surface area contributed by atoms with E-state index in [1.807, 2.05) is 12.2 Å². The topological polar surface area (TPSA) is 114 Å². The predicted octanol–water partition coefficient (Wildman–Crippen LogP) is 2.68. The van der Waals surface area contributed by atoms with E-state index in [9.17, 15) is 13.2 Å². The molecular weight excluding hydrogens is 434 g/mol. The number of Topliss-reactive ketones (excluding diaryl/α,β-unsaturated/α-hetero) is 1. The summed E-state index contributed by atoms with van der Waals surface area (Å²) in [5.41, 5.74) is 2.23. The second kappa shape index (κ2) is 8.68. The Bertz CT molecular complexity index is 1200. The van der Waals surface area contributed by atoms with Crippen LogP contribution in [-0.4, -0.2) is 35.0 Å². The quantitative estimate of drug-likeness (QED) is 0.680. The molecule has 0 fully saturated rings. The van der Waals surface area contributed by atoms with Crippen molar-refractivity contribution >= 4 is 15.8 Å². The van der Waals surface area contributed by atoms with E-state index in [2.05, 4.69) is 0 Å². The zero-order chi connectivity index (χ0) is 22.9. The van der Waals surface area contributed by atoms with Crippen molar-refractivity contribution in [1.82, 2.24) is 0 Å². The van der Waals surface area contributed by atoms with Gasteiger partial charge in [-0.15, -0.1) is 0 Å². The summed E-state index contributed by atoms with van der Waals surface area (Å²) >= 11 is 0. The summed E-state index contributed by atoms with van der Waals surface area (Å²) in [6, 6.07) is 9.59. The van der Waals surface area contributed by atoms with Gasteiger partial charge in [0.05, 0.1) is 37.2 Å². The van der Waals surface area contributed by atoms with Crippen molar-refractivity contribution in [3.8, 4) is 17.2 Å². The molecule has 2 atom stereocenters.